The van der Waals surface area contributed by atoms with Gasteiger partial charge in [0.05, 0.1) is 20.6 Å². The zero-order valence-electron chi connectivity index (χ0n) is 17.2. The SMILES string of the molecule is COc1ccc(OC)c(CC(=O)N2CCC[C@@H](c3cc4cccnc4c(=O)[nH]3)C2)c1. The van der Waals surface area contributed by atoms with Gasteiger partial charge in [0, 0.05) is 41.8 Å². The molecule has 2 aromatic heterocycles. The predicted molar refractivity (Wildman–Crippen MR) is 114 cm³/mol. The van der Waals surface area contributed by atoms with E-state index in [1.165, 1.54) is 0 Å². The summed E-state index contributed by atoms with van der Waals surface area (Å²) in [5.41, 5.74) is 1.91. The first-order valence-electron chi connectivity index (χ1n) is 10.1. The van der Waals surface area contributed by atoms with Crippen molar-refractivity contribution in [1.82, 2.24) is 14.9 Å². The van der Waals surface area contributed by atoms with Crippen LogP contribution in [0.2, 0.25) is 0 Å². The first-order valence-corrected chi connectivity index (χ1v) is 10.1. The number of aromatic amines is 1. The molecule has 7 heteroatoms. The van der Waals surface area contributed by atoms with Gasteiger partial charge in [-0.05, 0) is 43.2 Å². The molecule has 3 heterocycles. The van der Waals surface area contributed by atoms with Crippen LogP contribution in [0, 0.1) is 0 Å². The number of pyridine rings is 2. The molecule has 3 aromatic rings. The molecule has 0 aliphatic carbocycles. The number of hydrogen-bond donors (Lipinski definition) is 1. The molecule has 156 valence electrons. The summed E-state index contributed by atoms with van der Waals surface area (Å²) in [6.45, 7) is 1.29. The third kappa shape index (κ3) is 4.01. The number of likely N-dealkylation sites (tertiary alicyclic amines) is 1. The van der Waals surface area contributed by atoms with Gasteiger partial charge >= 0.3 is 0 Å². The van der Waals surface area contributed by atoms with Crippen LogP contribution >= 0.6 is 0 Å². The summed E-state index contributed by atoms with van der Waals surface area (Å²) < 4.78 is 10.7. The zero-order valence-corrected chi connectivity index (χ0v) is 17.2. The second-order valence-corrected chi connectivity index (χ2v) is 7.53. The van der Waals surface area contributed by atoms with Crippen LogP contribution in [0.3, 0.4) is 0 Å². The maximum atomic E-state index is 13.0. The van der Waals surface area contributed by atoms with Gasteiger partial charge in [-0.1, -0.05) is 6.07 Å². The van der Waals surface area contributed by atoms with Gasteiger partial charge < -0.3 is 19.4 Å². The van der Waals surface area contributed by atoms with Crippen LogP contribution in [0.25, 0.3) is 10.9 Å². The van der Waals surface area contributed by atoms with Gasteiger partial charge in [0.15, 0.2) is 0 Å². The summed E-state index contributed by atoms with van der Waals surface area (Å²) in [5.74, 6) is 1.49. The van der Waals surface area contributed by atoms with Crippen molar-refractivity contribution in [2.45, 2.75) is 25.2 Å². The molecule has 0 unspecified atom stereocenters. The van der Waals surface area contributed by atoms with Crippen molar-refractivity contribution in [2.24, 2.45) is 0 Å². The van der Waals surface area contributed by atoms with Crippen molar-refractivity contribution in [2.75, 3.05) is 27.3 Å². The van der Waals surface area contributed by atoms with Gasteiger partial charge in [0.2, 0.25) is 5.91 Å². The minimum absolute atomic E-state index is 0.0380. The Morgan fingerprint density at radius 2 is 2.10 bits per heavy atom. The first-order chi connectivity index (χ1) is 14.6. The molecule has 1 amide bonds. The van der Waals surface area contributed by atoms with Crippen LogP contribution < -0.4 is 15.0 Å². The van der Waals surface area contributed by atoms with Crippen LogP contribution in [0.4, 0.5) is 0 Å². The van der Waals surface area contributed by atoms with E-state index in [1.807, 2.05) is 41.3 Å². The molecule has 0 bridgehead atoms. The molecule has 0 spiro atoms. The molecule has 1 aromatic carbocycles. The number of hydrogen-bond acceptors (Lipinski definition) is 5. The Balaban J connectivity index is 1.53. The van der Waals surface area contributed by atoms with Gasteiger partial charge in [-0.15, -0.1) is 0 Å². The maximum absolute atomic E-state index is 13.0. The van der Waals surface area contributed by atoms with Crippen LogP contribution in [-0.2, 0) is 11.2 Å². The summed E-state index contributed by atoms with van der Waals surface area (Å²) in [5, 5.41) is 0.820. The van der Waals surface area contributed by atoms with Crippen molar-refractivity contribution in [3.8, 4) is 11.5 Å². The first kappa shape index (κ1) is 19.9. The van der Waals surface area contributed by atoms with E-state index < -0.39 is 0 Å². The number of benzene rings is 1. The fourth-order valence-electron chi connectivity index (χ4n) is 4.09. The van der Waals surface area contributed by atoms with Crippen molar-refractivity contribution in [3.63, 3.8) is 0 Å². The topological polar surface area (TPSA) is 84.5 Å². The zero-order chi connectivity index (χ0) is 21.1. The highest BCUT2D eigenvalue weighted by Gasteiger charge is 2.26. The second-order valence-electron chi connectivity index (χ2n) is 7.53. The third-order valence-corrected chi connectivity index (χ3v) is 5.67. The third-order valence-electron chi connectivity index (χ3n) is 5.67. The Bertz CT molecular complexity index is 1120. The number of H-pyrrole nitrogens is 1. The molecule has 7 nitrogen and oxygen atoms in total. The maximum Gasteiger partial charge on any atom is 0.274 e. The Hall–Kier alpha value is -3.35. The van der Waals surface area contributed by atoms with Gasteiger partial charge in [-0.25, -0.2) is 0 Å². The standard InChI is InChI=1S/C23H25N3O4/c1-29-18-7-8-20(30-2)17(11-18)13-21(27)26-10-4-6-16(14-26)19-12-15-5-3-9-24-22(15)23(28)25-19/h3,5,7-9,11-12,16H,4,6,10,13-14H2,1-2H3,(H,25,28)/t16-/m1/s1. The summed E-state index contributed by atoms with van der Waals surface area (Å²) in [7, 11) is 3.19. The predicted octanol–water partition coefficient (Wildman–Crippen LogP) is 2.89. The average molecular weight is 407 g/mol. The van der Waals surface area contributed by atoms with Crippen LogP contribution in [0.1, 0.15) is 30.0 Å². The number of carbonyl (C=O) groups excluding carboxylic acids is 1. The quantitative estimate of drug-likeness (QED) is 0.703. The molecule has 1 aliphatic heterocycles. The fraction of sp³-hybridized carbons (Fsp3) is 0.348. The summed E-state index contributed by atoms with van der Waals surface area (Å²) in [6.07, 6.45) is 3.67. The minimum Gasteiger partial charge on any atom is -0.497 e. The molecular weight excluding hydrogens is 382 g/mol. The number of amides is 1. The molecule has 1 saturated heterocycles. The average Bonchev–Trinajstić information content (AvgIpc) is 2.79. The number of ether oxygens (including phenoxy) is 2. The second kappa shape index (κ2) is 8.57. The lowest BCUT2D eigenvalue weighted by Crippen LogP contribution is -2.40. The molecular formula is C23H25N3O4. The van der Waals surface area contributed by atoms with Crippen molar-refractivity contribution >= 4 is 16.8 Å². The lowest BCUT2D eigenvalue weighted by atomic mass is 9.93. The minimum atomic E-state index is -0.187. The number of methoxy groups -OCH3 is 2. The smallest absolute Gasteiger partial charge is 0.274 e. The van der Waals surface area contributed by atoms with Gasteiger partial charge in [-0.2, -0.15) is 0 Å². The van der Waals surface area contributed by atoms with E-state index in [1.54, 1.807) is 20.4 Å². The van der Waals surface area contributed by atoms with Crippen LogP contribution in [0.15, 0.2) is 47.4 Å². The van der Waals surface area contributed by atoms with E-state index in [9.17, 15) is 9.59 Å². The van der Waals surface area contributed by atoms with Crippen molar-refractivity contribution in [1.29, 1.82) is 0 Å². The van der Waals surface area contributed by atoms with Crippen LogP contribution in [-0.4, -0.2) is 48.1 Å². The highest BCUT2D eigenvalue weighted by atomic mass is 16.5. The Morgan fingerprint density at radius 3 is 2.90 bits per heavy atom. The highest BCUT2D eigenvalue weighted by molar-refractivity contribution is 5.80. The fourth-order valence-corrected chi connectivity index (χ4v) is 4.09. The summed E-state index contributed by atoms with van der Waals surface area (Å²) >= 11 is 0. The molecule has 1 aliphatic rings. The van der Waals surface area contributed by atoms with Crippen molar-refractivity contribution in [3.05, 3.63) is 64.2 Å². The highest BCUT2D eigenvalue weighted by Crippen LogP contribution is 2.29. The summed E-state index contributed by atoms with van der Waals surface area (Å²) in [4.78, 5) is 34.4. The number of fused-ring (bicyclic) bond motifs is 1. The van der Waals surface area contributed by atoms with Crippen molar-refractivity contribution < 1.29 is 14.3 Å². The van der Waals surface area contributed by atoms with E-state index in [2.05, 4.69) is 9.97 Å². The Labute approximate surface area is 174 Å². The lowest BCUT2D eigenvalue weighted by molar-refractivity contribution is -0.131. The molecule has 1 fully saturated rings. The Kier molecular flexibility index (Phi) is 5.70. The number of nitrogens with one attached hydrogen (secondary N) is 1. The number of nitrogens with zero attached hydrogens (tertiary/aromatic N) is 2. The van der Waals surface area contributed by atoms with Gasteiger partial charge in [0.25, 0.3) is 5.56 Å². The van der Waals surface area contributed by atoms with E-state index in [-0.39, 0.29) is 23.8 Å². The Morgan fingerprint density at radius 1 is 1.23 bits per heavy atom. The van der Waals surface area contributed by atoms with E-state index in [4.69, 9.17) is 9.47 Å². The van der Waals surface area contributed by atoms with E-state index in [0.717, 1.165) is 29.5 Å². The largest absolute Gasteiger partial charge is 0.497 e. The van der Waals surface area contributed by atoms with Gasteiger partial charge in [-0.3, -0.25) is 14.6 Å². The normalized spacial score (nSPS) is 16.5. The summed E-state index contributed by atoms with van der Waals surface area (Å²) in [6, 6.07) is 11.2. The number of carbonyl (C=O) groups is 1. The molecule has 1 N–H and O–H groups in total. The molecule has 4 rings (SSSR count). The lowest BCUT2D eigenvalue weighted by Gasteiger charge is -2.33. The van der Waals surface area contributed by atoms with E-state index in [0.29, 0.717) is 30.1 Å². The number of aromatic nitrogens is 2. The molecule has 1 atom stereocenters. The van der Waals surface area contributed by atoms with Gasteiger partial charge in [0.1, 0.15) is 17.0 Å². The molecule has 30 heavy (non-hydrogen) atoms. The van der Waals surface area contributed by atoms with Crippen LogP contribution in [0.5, 0.6) is 11.5 Å². The van der Waals surface area contributed by atoms with E-state index >= 15 is 0 Å². The number of rotatable bonds is 5. The molecule has 0 radical (unpaired) electrons. The number of piperidine rings is 1. The monoisotopic (exact) mass is 407 g/mol. The molecule has 0 saturated carbocycles.